The summed E-state index contributed by atoms with van der Waals surface area (Å²) in [5.74, 6) is 0. The Bertz CT molecular complexity index is 606. The Kier molecular flexibility index (Phi) is 12.2. The predicted octanol–water partition coefficient (Wildman–Crippen LogP) is 7.46. The van der Waals surface area contributed by atoms with E-state index in [2.05, 4.69) is 117 Å². The number of benzene rings is 3. The largest absolute Gasteiger partial charge is 3.00 e. The second-order valence-electron chi connectivity index (χ2n) is 7.49. The quantitative estimate of drug-likeness (QED) is 0.264. The van der Waals surface area contributed by atoms with Crippen LogP contribution in [0.3, 0.4) is 0 Å². The fourth-order valence-corrected chi connectivity index (χ4v) is 3.21. The van der Waals surface area contributed by atoms with Gasteiger partial charge in [-0.3, -0.25) is 0 Å². The Balaban J connectivity index is 0.000000384. The van der Waals surface area contributed by atoms with Crippen molar-refractivity contribution in [3.8, 4) is 0 Å². The third-order valence-corrected chi connectivity index (χ3v) is 3.84. The first-order valence-electron chi connectivity index (χ1n) is 9.26. The van der Waals surface area contributed by atoms with Crippen molar-refractivity contribution in [1.29, 1.82) is 0 Å². The first-order chi connectivity index (χ1) is 12.5. The summed E-state index contributed by atoms with van der Waals surface area (Å²) in [6.07, 6.45) is 0. The fraction of sp³-hybridized carbons (Fsp3) is 0.222. The first-order valence-corrected chi connectivity index (χ1v) is 9.26. The average Bonchev–Trinajstić information content (AvgIpc) is 2.43. The zero-order valence-corrected chi connectivity index (χ0v) is 19.7. The number of hydrogen-bond acceptors (Lipinski definition) is 0. The molecule has 0 bridgehead atoms. The average molecular weight is 533 g/mol. The summed E-state index contributed by atoms with van der Waals surface area (Å²) in [6.45, 7) is 24.0. The van der Waals surface area contributed by atoms with Crippen LogP contribution in [0.4, 0.5) is 0 Å². The molecule has 0 N–H and O–H groups in total. The van der Waals surface area contributed by atoms with Crippen LogP contribution in [0.25, 0.3) is 0 Å². The molecule has 0 spiro atoms. The van der Waals surface area contributed by atoms with Crippen molar-refractivity contribution >= 4 is 0 Å². The molecular formula is C27H33Lu. The number of hydrogen-bond donors (Lipinski definition) is 0. The zero-order chi connectivity index (χ0) is 20.6. The maximum atomic E-state index is 3.84. The third kappa shape index (κ3) is 11.4. The molecule has 0 amide bonds. The summed E-state index contributed by atoms with van der Waals surface area (Å²) in [4.78, 5) is 0. The maximum absolute atomic E-state index is 3.84. The minimum atomic E-state index is 0. The molecule has 0 radical (unpaired) electrons. The van der Waals surface area contributed by atoms with Gasteiger partial charge in [0.25, 0.3) is 0 Å². The van der Waals surface area contributed by atoms with Gasteiger partial charge in [0.05, 0.1) is 0 Å². The summed E-state index contributed by atoms with van der Waals surface area (Å²) < 4.78 is 0. The van der Waals surface area contributed by atoms with E-state index in [4.69, 9.17) is 0 Å². The van der Waals surface area contributed by atoms with Crippen LogP contribution in [0.5, 0.6) is 0 Å². The van der Waals surface area contributed by atoms with E-state index in [0.29, 0.717) is 0 Å². The van der Waals surface area contributed by atoms with Gasteiger partial charge in [-0.2, -0.15) is 73.9 Å². The minimum absolute atomic E-state index is 0. The van der Waals surface area contributed by atoms with E-state index in [0.717, 1.165) is 16.7 Å². The van der Waals surface area contributed by atoms with Gasteiger partial charge in [-0.05, 0) is 0 Å². The first kappa shape index (κ1) is 26.5. The standard InChI is InChI=1S/3C9H11.Lu/c3*1-7-4-8(2)6-9(3)5-7;/h3*4-6H,1H2,2-3H3;/q3*-1;+3. The van der Waals surface area contributed by atoms with Crippen LogP contribution in [-0.2, 0) is 0 Å². The van der Waals surface area contributed by atoms with Gasteiger partial charge in [0.15, 0.2) is 0 Å². The van der Waals surface area contributed by atoms with E-state index in [1.807, 2.05) is 0 Å². The van der Waals surface area contributed by atoms with Crippen molar-refractivity contribution < 1.29 is 36.9 Å². The fourth-order valence-electron chi connectivity index (χ4n) is 3.21. The van der Waals surface area contributed by atoms with Crippen LogP contribution in [-0.4, -0.2) is 0 Å². The molecule has 0 fully saturated rings. The molecule has 3 aromatic carbocycles. The Morgan fingerprint density at radius 1 is 0.357 bits per heavy atom. The van der Waals surface area contributed by atoms with E-state index in [-0.39, 0.29) is 36.9 Å². The van der Waals surface area contributed by atoms with E-state index >= 15 is 0 Å². The molecule has 0 saturated heterocycles. The van der Waals surface area contributed by atoms with Crippen LogP contribution in [0.15, 0.2) is 54.6 Å². The number of aryl methyl sites for hydroxylation is 6. The van der Waals surface area contributed by atoms with Gasteiger partial charge in [0.1, 0.15) is 0 Å². The minimum Gasteiger partial charge on any atom is -0.199 e. The molecule has 0 unspecified atom stereocenters. The SMILES string of the molecule is [CH2-]c1cc(C)cc(C)c1.[CH2-]c1cc(C)cc(C)c1.[CH2-]c1cc(C)cc(C)c1.[Lu+3]. The second kappa shape index (κ2) is 12.9. The van der Waals surface area contributed by atoms with E-state index in [1.165, 1.54) is 33.4 Å². The summed E-state index contributed by atoms with van der Waals surface area (Å²) >= 11 is 0. The van der Waals surface area contributed by atoms with Crippen molar-refractivity contribution in [3.63, 3.8) is 0 Å². The molecule has 28 heavy (non-hydrogen) atoms. The molecule has 0 heterocycles. The van der Waals surface area contributed by atoms with Gasteiger partial charge in [-0.1, -0.05) is 59.7 Å². The van der Waals surface area contributed by atoms with Crippen LogP contribution in [0.1, 0.15) is 50.1 Å². The summed E-state index contributed by atoms with van der Waals surface area (Å²) in [6, 6.07) is 18.9. The Morgan fingerprint density at radius 2 is 0.500 bits per heavy atom. The second-order valence-corrected chi connectivity index (χ2v) is 7.49. The normalized spacial score (nSPS) is 9.21. The summed E-state index contributed by atoms with van der Waals surface area (Å²) in [5.41, 5.74) is 11.1. The van der Waals surface area contributed by atoms with Crippen LogP contribution < -0.4 is 0 Å². The van der Waals surface area contributed by atoms with Crippen molar-refractivity contribution in [2.75, 3.05) is 0 Å². The molecule has 0 nitrogen and oxygen atoms in total. The van der Waals surface area contributed by atoms with Gasteiger partial charge in [0, 0.05) is 0 Å². The van der Waals surface area contributed by atoms with Gasteiger partial charge in [-0.15, -0.1) is 33.4 Å². The zero-order valence-electron chi connectivity index (χ0n) is 18.1. The number of rotatable bonds is 0. The maximum Gasteiger partial charge on any atom is 3.00 e. The summed E-state index contributed by atoms with van der Waals surface area (Å²) in [7, 11) is 0. The molecule has 0 atom stereocenters. The predicted molar refractivity (Wildman–Crippen MR) is 121 cm³/mol. The van der Waals surface area contributed by atoms with Crippen LogP contribution in [0.2, 0.25) is 0 Å². The van der Waals surface area contributed by atoms with Crippen molar-refractivity contribution in [3.05, 3.63) is 125 Å². The van der Waals surface area contributed by atoms with Gasteiger partial charge < -0.3 is 0 Å². The van der Waals surface area contributed by atoms with Gasteiger partial charge in [-0.25, -0.2) is 0 Å². The van der Waals surface area contributed by atoms with Crippen molar-refractivity contribution in [2.45, 2.75) is 41.5 Å². The molecule has 3 rings (SSSR count). The monoisotopic (exact) mass is 532 g/mol. The molecule has 0 aliphatic rings. The van der Waals surface area contributed by atoms with Gasteiger partial charge in [0.2, 0.25) is 0 Å². The van der Waals surface area contributed by atoms with Crippen molar-refractivity contribution in [2.24, 2.45) is 0 Å². The topological polar surface area (TPSA) is 0 Å². The molecule has 0 saturated carbocycles. The molecule has 1 heteroatoms. The van der Waals surface area contributed by atoms with E-state index in [9.17, 15) is 0 Å². The molecule has 0 aromatic heterocycles. The van der Waals surface area contributed by atoms with Crippen LogP contribution in [0, 0.1) is 99.2 Å². The Hall–Kier alpha value is -1.50. The van der Waals surface area contributed by atoms with Crippen LogP contribution >= 0.6 is 0 Å². The van der Waals surface area contributed by atoms with E-state index < -0.39 is 0 Å². The molecular weight excluding hydrogens is 499 g/mol. The molecule has 156 valence electrons. The van der Waals surface area contributed by atoms with Crippen molar-refractivity contribution in [1.82, 2.24) is 0 Å². The molecule has 0 aliphatic heterocycles. The smallest absolute Gasteiger partial charge is 0.199 e. The molecule has 0 aliphatic carbocycles. The Morgan fingerprint density at radius 3 is 0.607 bits per heavy atom. The summed E-state index contributed by atoms with van der Waals surface area (Å²) in [5, 5.41) is 0. The Labute approximate surface area is 202 Å². The third-order valence-electron chi connectivity index (χ3n) is 3.84. The van der Waals surface area contributed by atoms with E-state index in [1.54, 1.807) is 0 Å². The molecule has 3 aromatic rings. The van der Waals surface area contributed by atoms with Gasteiger partial charge >= 0.3 is 36.9 Å².